The highest BCUT2D eigenvalue weighted by Crippen LogP contribution is 2.41. The number of hydrogen-bond donors (Lipinski definition) is 0. The van der Waals surface area contributed by atoms with Crippen LogP contribution in [0.3, 0.4) is 0 Å². The predicted molar refractivity (Wildman–Crippen MR) is 280 cm³/mol. The molecule has 0 aliphatic rings. The lowest BCUT2D eigenvalue weighted by Crippen LogP contribution is -2.09. The minimum absolute atomic E-state index is 0.899. The number of hydrogen-bond acceptors (Lipinski definition) is 2. The van der Waals surface area contributed by atoms with Gasteiger partial charge in [-0.05, 0) is 148 Å². The summed E-state index contributed by atoms with van der Waals surface area (Å²) in [5.41, 5.74) is 14.5. The van der Waals surface area contributed by atoms with Gasteiger partial charge in [-0.25, -0.2) is 0 Å². The van der Waals surface area contributed by atoms with Crippen molar-refractivity contribution < 1.29 is 4.42 Å². The van der Waals surface area contributed by atoms with Gasteiger partial charge in [-0.1, -0.05) is 188 Å². The molecule has 1 heterocycles. The number of benzene rings is 12. The van der Waals surface area contributed by atoms with Gasteiger partial charge in [0, 0.05) is 27.8 Å². The summed E-state index contributed by atoms with van der Waals surface area (Å²) in [6, 6.07) is 90.3. The number of furan rings is 1. The Morgan fingerprint density at radius 1 is 0.242 bits per heavy atom. The monoisotopic (exact) mass is 839 g/mol. The fourth-order valence-corrected chi connectivity index (χ4v) is 10.1. The Hall–Kier alpha value is -8.72. The quantitative estimate of drug-likeness (QED) is 0.149. The molecule has 308 valence electrons. The molecule has 0 unspecified atom stereocenters. The van der Waals surface area contributed by atoms with E-state index in [0.29, 0.717) is 0 Å². The Kier molecular flexibility index (Phi) is 8.89. The summed E-state index contributed by atoms with van der Waals surface area (Å²) < 4.78 is 6.26. The molecule has 0 atom stereocenters. The fraction of sp³-hybridized carbons (Fsp3) is 0. The van der Waals surface area contributed by atoms with Crippen molar-refractivity contribution in [2.75, 3.05) is 4.90 Å². The van der Waals surface area contributed by atoms with Crippen LogP contribution in [0.4, 0.5) is 17.1 Å². The van der Waals surface area contributed by atoms with Crippen molar-refractivity contribution in [2.45, 2.75) is 0 Å². The standard InChI is InChI=1S/C64H41NO/c1-3-10-56-46(8-1)23-25-52-40-50(32-39-58(52)56)45-28-35-54(36-29-45)65(55-37-30-48(31-38-55)59-13-7-15-63-64(59)60-12-5-6-14-62(60)66-63)53-33-26-43(27-34-53)42-16-18-44(19-17-42)51-24-22-49-21-20-47-9-2-4-11-57(47)61(49)41-51/h1-41H. The topological polar surface area (TPSA) is 16.4 Å². The minimum atomic E-state index is 0.899. The second kappa shape index (κ2) is 15.5. The van der Waals surface area contributed by atoms with Crippen LogP contribution in [0.1, 0.15) is 0 Å². The fourth-order valence-electron chi connectivity index (χ4n) is 10.1. The highest BCUT2D eigenvalue weighted by Gasteiger charge is 2.17. The third-order valence-corrected chi connectivity index (χ3v) is 13.5. The number of rotatable bonds is 7. The lowest BCUT2D eigenvalue weighted by atomic mass is 9.96. The van der Waals surface area contributed by atoms with Crippen LogP contribution in [0.25, 0.3) is 110 Å². The third-order valence-electron chi connectivity index (χ3n) is 13.5. The molecule has 0 N–H and O–H groups in total. The summed E-state index contributed by atoms with van der Waals surface area (Å²) in [5, 5.41) is 12.4. The van der Waals surface area contributed by atoms with Crippen LogP contribution in [0, 0.1) is 0 Å². The molecular formula is C64H41NO. The number of anilines is 3. The SMILES string of the molecule is c1ccc2c(c1)ccc1cc(-c3ccc(N(c4ccc(-c5ccc(-c6ccc7ccc8ccccc8c7c6)cc5)cc4)c4ccc(-c5cccc6oc7ccccc7c56)cc4)cc3)ccc12. The maximum Gasteiger partial charge on any atom is 0.136 e. The van der Waals surface area contributed by atoms with Gasteiger partial charge in [0.2, 0.25) is 0 Å². The van der Waals surface area contributed by atoms with Gasteiger partial charge in [0.1, 0.15) is 11.2 Å². The Balaban J connectivity index is 0.846. The van der Waals surface area contributed by atoms with E-state index in [1.54, 1.807) is 0 Å². The molecule has 1 aromatic heterocycles. The molecule has 0 amide bonds. The van der Waals surface area contributed by atoms with Gasteiger partial charge >= 0.3 is 0 Å². The Morgan fingerprint density at radius 2 is 0.652 bits per heavy atom. The van der Waals surface area contributed by atoms with E-state index >= 15 is 0 Å². The first-order chi connectivity index (χ1) is 32.7. The molecule has 12 aromatic carbocycles. The molecule has 0 aliphatic carbocycles. The second-order valence-electron chi connectivity index (χ2n) is 17.3. The summed E-state index contributed by atoms with van der Waals surface area (Å²) in [6.07, 6.45) is 0. The third kappa shape index (κ3) is 6.50. The van der Waals surface area contributed by atoms with Crippen molar-refractivity contribution in [3.8, 4) is 44.5 Å². The summed E-state index contributed by atoms with van der Waals surface area (Å²) in [4.78, 5) is 2.35. The van der Waals surface area contributed by atoms with Gasteiger partial charge in [0.15, 0.2) is 0 Å². The molecule has 2 nitrogen and oxygen atoms in total. The molecule has 2 heteroatoms. The van der Waals surface area contributed by atoms with Crippen LogP contribution in [0.15, 0.2) is 253 Å². The van der Waals surface area contributed by atoms with Crippen LogP contribution >= 0.6 is 0 Å². The molecule has 0 radical (unpaired) electrons. The maximum absolute atomic E-state index is 6.26. The van der Waals surface area contributed by atoms with Crippen molar-refractivity contribution in [3.05, 3.63) is 249 Å². The maximum atomic E-state index is 6.26. The Bertz CT molecular complexity index is 3960. The normalized spacial score (nSPS) is 11.6. The van der Waals surface area contributed by atoms with Crippen molar-refractivity contribution in [2.24, 2.45) is 0 Å². The molecule has 0 spiro atoms. The smallest absolute Gasteiger partial charge is 0.136 e. The zero-order valence-corrected chi connectivity index (χ0v) is 36.0. The first-order valence-electron chi connectivity index (χ1n) is 22.6. The van der Waals surface area contributed by atoms with Gasteiger partial charge in [-0.15, -0.1) is 0 Å². The van der Waals surface area contributed by atoms with E-state index in [4.69, 9.17) is 4.42 Å². The Labute approximate surface area is 382 Å². The van der Waals surface area contributed by atoms with Gasteiger partial charge in [-0.3, -0.25) is 0 Å². The van der Waals surface area contributed by atoms with E-state index in [1.807, 2.05) is 12.1 Å². The molecule has 0 saturated heterocycles. The first kappa shape index (κ1) is 37.8. The highest BCUT2D eigenvalue weighted by atomic mass is 16.3. The minimum Gasteiger partial charge on any atom is -0.456 e. The lowest BCUT2D eigenvalue weighted by molar-refractivity contribution is 0.669. The Morgan fingerprint density at radius 3 is 1.29 bits per heavy atom. The van der Waals surface area contributed by atoms with Crippen LogP contribution in [-0.4, -0.2) is 0 Å². The van der Waals surface area contributed by atoms with Crippen molar-refractivity contribution in [1.82, 2.24) is 0 Å². The van der Waals surface area contributed by atoms with Gasteiger partial charge < -0.3 is 9.32 Å². The largest absolute Gasteiger partial charge is 0.456 e. The van der Waals surface area contributed by atoms with E-state index in [2.05, 4.69) is 241 Å². The van der Waals surface area contributed by atoms with Crippen LogP contribution in [-0.2, 0) is 0 Å². The van der Waals surface area contributed by atoms with E-state index in [9.17, 15) is 0 Å². The second-order valence-corrected chi connectivity index (χ2v) is 17.3. The molecule has 0 aliphatic heterocycles. The number of para-hydroxylation sites is 1. The molecule has 0 fully saturated rings. The molecule has 0 saturated carbocycles. The lowest BCUT2D eigenvalue weighted by Gasteiger charge is -2.26. The van der Waals surface area contributed by atoms with E-state index in [0.717, 1.165) is 50.1 Å². The summed E-state index contributed by atoms with van der Waals surface area (Å²) in [5.74, 6) is 0. The summed E-state index contributed by atoms with van der Waals surface area (Å²) >= 11 is 0. The molecule has 0 bridgehead atoms. The number of nitrogens with zero attached hydrogens (tertiary/aromatic N) is 1. The average molecular weight is 840 g/mol. The van der Waals surface area contributed by atoms with E-state index < -0.39 is 0 Å². The molecule has 66 heavy (non-hydrogen) atoms. The zero-order valence-electron chi connectivity index (χ0n) is 36.0. The zero-order chi connectivity index (χ0) is 43.6. The molecule has 13 aromatic rings. The van der Waals surface area contributed by atoms with Crippen molar-refractivity contribution in [3.63, 3.8) is 0 Å². The van der Waals surface area contributed by atoms with Crippen molar-refractivity contribution in [1.29, 1.82) is 0 Å². The van der Waals surface area contributed by atoms with Gasteiger partial charge in [0.05, 0.1) is 0 Å². The van der Waals surface area contributed by atoms with E-state index in [-0.39, 0.29) is 0 Å². The molecule has 13 rings (SSSR count). The first-order valence-corrected chi connectivity index (χ1v) is 22.6. The van der Waals surface area contributed by atoms with Crippen LogP contribution in [0.2, 0.25) is 0 Å². The summed E-state index contributed by atoms with van der Waals surface area (Å²) in [6.45, 7) is 0. The average Bonchev–Trinajstić information content (AvgIpc) is 3.78. The van der Waals surface area contributed by atoms with Crippen molar-refractivity contribution >= 4 is 82.1 Å². The van der Waals surface area contributed by atoms with Crippen LogP contribution in [0.5, 0.6) is 0 Å². The highest BCUT2D eigenvalue weighted by molar-refractivity contribution is 6.13. The van der Waals surface area contributed by atoms with E-state index in [1.165, 1.54) is 76.5 Å². The summed E-state index contributed by atoms with van der Waals surface area (Å²) in [7, 11) is 0. The van der Waals surface area contributed by atoms with Crippen LogP contribution < -0.4 is 4.90 Å². The predicted octanol–water partition coefficient (Wildman–Crippen LogP) is 18.3. The van der Waals surface area contributed by atoms with Gasteiger partial charge in [-0.2, -0.15) is 0 Å². The molecular weight excluding hydrogens is 799 g/mol. The van der Waals surface area contributed by atoms with Gasteiger partial charge in [0.25, 0.3) is 0 Å². The number of fused-ring (bicyclic) bond motifs is 9.